The van der Waals surface area contributed by atoms with Gasteiger partial charge >= 0.3 is 0 Å². The van der Waals surface area contributed by atoms with Crippen LogP contribution >= 0.6 is 0 Å². The number of rotatable bonds is 5. The van der Waals surface area contributed by atoms with Crippen LogP contribution in [-0.2, 0) is 6.42 Å². The van der Waals surface area contributed by atoms with E-state index in [-0.39, 0.29) is 0 Å². The van der Waals surface area contributed by atoms with Crippen molar-refractivity contribution in [2.75, 3.05) is 11.9 Å². The SMILES string of the molecule is Cc1ccc(NC(N)=NCCCc2c[nH]c3ccccc23)cc1. The Labute approximate surface area is 136 Å². The first-order valence-corrected chi connectivity index (χ1v) is 7.91. The highest BCUT2D eigenvalue weighted by atomic mass is 15.1. The summed E-state index contributed by atoms with van der Waals surface area (Å²) in [6.45, 7) is 2.77. The van der Waals surface area contributed by atoms with E-state index in [0.717, 1.165) is 18.5 Å². The van der Waals surface area contributed by atoms with Crippen LogP contribution in [-0.4, -0.2) is 17.5 Å². The summed E-state index contributed by atoms with van der Waals surface area (Å²) < 4.78 is 0. The van der Waals surface area contributed by atoms with Gasteiger partial charge < -0.3 is 16.0 Å². The molecule has 0 atom stereocenters. The molecule has 4 heteroatoms. The van der Waals surface area contributed by atoms with Crippen LogP contribution in [0.15, 0.2) is 59.7 Å². The van der Waals surface area contributed by atoms with Gasteiger partial charge in [-0.25, -0.2) is 0 Å². The van der Waals surface area contributed by atoms with Crippen molar-refractivity contribution in [2.45, 2.75) is 19.8 Å². The van der Waals surface area contributed by atoms with E-state index in [1.807, 2.05) is 30.3 Å². The van der Waals surface area contributed by atoms with Crippen molar-refractivity contribution in [3.63, 3.8) is 0 Å². The minimum absolute atomic E-state index is 0.466. The van der Waals surface area contributed by atoms with Gasteiger partial charge in [-0.2, -0.15) is 0 Å². The Morgan fingerprint density at radius 1 is 1.13 bits per heavy atom. The molecule has 4 nitrogen and oxygen atoms in total. The maximum absolute atomic E-state index is 5.93. The summed E-state index contributed by atoms with van der Waals surface area (Å²) in [4.78, 5) is 7.70. The van der Waals surface area contributed by atoms with Crippen molar-refractivity contribution in [3.8, 4) is 0 Å². The molecule has 2 aromatic carbocycles. The molecule has 0 aliphatic rings. The number of nitrogens with one attached hydrogen (secondary N) is 2. The maximum atomic E-state index is 5.93. The van der Waals surface area contributed by atoms with Crippen LogP contribution in [0.4, 0.5) is 5.69 Å². The minimum Gasteiger partial charge on any atom is -0.370 e. The number of aliphatic imine (C=N–C) groups is 1. The molecular weight excluding hydrogens is 284 g/mol. The minimum atomic E-state index is 0.466. The molecule has 0 fully saturated rings. The standard InChI is InChI=1S/C19H22N4/c1-14-8-10-16(11-9-14)23-19(20)21-12-4-5-15-13-22-18-7-3-2-6-17(15)18/h2-3,6-11,13,22H,4-5,12H2,1H3,(H3,20,21,23). The van der Waals surface area contributed by atoms with E-state index >= 15 is 0 Å². The Balaban J connectivity index is 1.51. The molecule has 0 aliphatic carbocycles. The first kappa shape index (κ1) is 15.2. The second-order valence-electron chi connectivity index (χ2n) is 5.72. The molecular formula is C19H22N4. The Morgan fingerprint density at radius 2 is 1.91 bits per heavy atom. The van der Waals surface area contributed by atoms with Gasteiger partial charge in [-0.05, 0) is 43.5 Å². The molecule has 23 heavy (non-hydrogen) atoms. The van der Waals surface area contributed by atoms with Crippen LogP contribution in [0.2, 0.25) is 0 Å². The van der Waals surface area contributed by atoms with E-state index < -0.39 is 0 Å². The Kier molecular flexibility index (Phi) is 4.62. The molecule has 3 rings (SSSR count). The highest BCUT2D eigenvalue weighted by Crippen LogP contribution is 2.18. The smallest absolute Gasteiger partial charge is 0.193 e. The van der Waals surface area contributed by atoms with Gasteiger partial charge in [-0.3, -0.25) is 4.99 Å². The predicted molar refractivity (Wildman–Crippen MR) is 97.9 cm³/mol. The summed E-state index contributed by atoms with van der Waals surface area (Å²) in [6, 6.07) is 16.5. The monoisotopic (exact) mass is 306 g/mol. The maximum Gasteiger partial charge on any atom is 0.193 e. The van der Waals surface area contributed by atoms with Crippen LogP contribution in [0.1, 0.15) is 17.5 Å². The van der Waals surface area contributed by atoms with Gasteiger partial charge in [0.05, 0.1) is 0 Å². The number of aromatic nitrogens is 1. The Bertz CT molecular complexity index is 800. The largest absolute Gasteiger partial charge is 0.370 e. The number of aryl methyl sites for hydroxylation is 2. The number of benzene rings is 2. The van der Waals surface area contributed by atoms with E-state index in [2.05, 4.69) is 46.6 Å². The lowest BCUT2D eigenvalue weighted by atomic mass is 10.1. The lowest BCUT2D eigenvalue weighted by Gasteiger charge is -2.05. The van der Waals surface area contributed by atoms with Crippen molar-refractivity contribution < 1.29 is 0 Å². The van der Waals surface area contributed by atoms with Crippen LogP contribution in [0.3, 0.4) is 0 Å². The third kappa shape index (κ3) is 3.92. The number of para-hydroxylation sites is 1. The van der Waals surface area contributed by atoms with Gasteiger partial charge in [0.1, 0.15) is 0 Å². The Morgan fingerprint density at radius 3 is 2.74 bits per heavy atom. The van der Waals surface area contributed by atoms with Crippen LogP contribution in [0.25, 0.3) is 10.9 Å². The lowest BCUT2D eigenvalue weighted by Crippen LogP contribution is -2.22. The molecule has 0 aliphatic heterocycles. The molecule has 1 aromatic heterocycles. The fraction of sp³-hybridized carbons (Fsp3) is 0.211. The zero-order valence-corrected chi connectivity index (χ0v) is 13.3. The number of fused-ring (bicyclic) bond motifs is 1. The van der Waals surface area contributed by atoms with Crippen molar-refractivity contribution in [1.82, 2.24) is 4.98 Å². The molecule has 0 spiro atoms. The van der Waals surface area contributed by atoms with Gasteiger partial charge in [-0.1, -0.05) is 35.9 Å². The summed E-state index contributed by atoms with van der Waals surface area (Å²) in [5.74, 6) is 0.466. The van der Waals surface area contributed by atoms with Crippen LogP contribution in [0, 0.1) is 6.92 Å². The highest BCUT2D eigenvalue weighted by molar-refractivity contribution is 5.92. The highest BCUT2D eigenvalue weighted by Gasteiger charge is 2.02. The number of H-pyrrole nitrogens is 1. The van der Waals surface area contributed by atoms with Crippen LogP contribution < -0.4 is 11.1 Å². The second kappa shape index (κ2) is 7.01. The molecule has 0 unspecified atom stereocenters. The molecule has 0 amide bonds. The average Bonchev–Trinajstić information content (AvgIpc) is 2.97. The summed E-state index contributed by atoms with van der Waals surface area (Å²) in [5, 5.41) is 4.41. The normalized spacial score (nSPS) is 11.8. The van der Waals surface area contributed by atoms with Gasteiger partial charge in [0.15, 0.2) is 5.96 Å². The number of hydrogen-bond donors (Lipinski definition) is 3. The van der Waals surface area contributed by atoms with E-state index in [1.165, 1.54) is 22.0 Å². The first-order chi connectivity index (χ1) is 11.2. The van der Waals surface area contributed by atoms with Crippen molar-refractivity contribution in [2.24, 2.45) is 10.7 Å². The molecule has 118 valence electrons. The zero-order chi connectivity index (χ0) is 16.1. The number of nitrogens with two attached hydrogens (primary N) is 1. The van der Waals surface area contributed by atoms with E-state index in [4.69, 9.17) is 5.73 Å². The third-order valence-corrected chi connectivity index (χ3v) is 3.89. The third-order valence-electron chi connectivity index (χ3n) is 3.89. The average molecular weight is 306 g/mol. The van der Waals surface area contributed by atoms with E-state index in [9.17, 15) is 0 Å². The summed E-state index contributed by atoms with van der Waals surface area (Å²) in [7, 11) is 0. The molecule has 0 saturated heterocycles. The zero-order valence-electron chi connectivity index (χ0n) is 13.3. The fourth-order valence-electron chi connectivity index (χ4n) is 2.63. The van der Waals surface area contributed by atoms with Crippen molar-refractivity contribution in [1.29, 1.82) is 0 Å². The first-order valence-electron chi connectivity index (χ1n) is 7.91. The molecule has 0 saturated carbocycles. The van der Waals surface area contributed by atoms with Gasteiger partial charge in [0.2, 0.25) is 0 Å². The predicted octanol–water partition coefficient (Wildman–Crippen LogP) is 3.84. The summed E-state index contributed by atoms with van der Waals surface area (Å²) in [6.07, 6.45) is 4.05. The van der Waals surface area contributed by atoms with Crippen molar-refractivity contribution >= 4 is 22.5 Å². The number of hydrogen-bond acceptors (Lipinski definition) is 1. The van der Waals surface area contributed by atoms with E-state index in [0.29, 0.717) is 12.5 Å². The van der Waals surface area contributed by atoms with Crippen molar-refractivity contribution in [3.05, 3.63) is 65.9 Å². The lowest BCUT2D eigenvalue weighted by molar-refractivity contribution is 0.836. The quantitative estimate of drug-likeness (QED) is 0.381. The molecule has 1 heterocycles. The summed E-state index contributed by atoms with van der Waals surface area (Å²) >= 11 is 0. The molecule has 3 aromatic rings. The second-order valence-corrected chi connectivity index (χ2v) is 5.72. The number of aromatic amines is 1. The van der Waals surface area contributed by atoms with E-state index in [1.54, 1.807) is 0 Å². The number of guanidine groups is 1. The number of nitrogens with zero attached hydrogens (tertiary/aromatic N) is 1. The van der Waals surface area contributed by atoms with Gasteiger partial charge in [0, 0.05) is 29.3 Å². The topological polar surface area (TPSA) is 66.2 Å². The molecule has 0 radical (unpaired) electrons. The fourth-order valence-corrected chi connectivity index (χ4v) is 2.63. The van der Waals surface area contributed by atoms with Gasteiger partial charge in [-0.15, -0.1) is 0 Å². The Hall–Kier alpha value is -2.75. The number of anilines is 1. The molecule has 0 bridgehead atoms. The van der Waals surface area contributed by atoms with Crippen LogP contribution in [0.5, 0.6) is 0 Å². The van der Waals surface area contributed by atoms with Gasteiger partial charge in [0.25, 0.3) is 0 Å². The molecule has 4 N–H and O–H groups in total. The summed E-state index contributed by atoms with van der Waals surface area (Å²) in [5.41, 5.74) is 10.6.